The minimum absolute atomic E-state index is 0.354. The fourth-order valence-electron chi connectivity index (χ4n) is 1.92. The smallest absolute Gasteiger partial charge is 0.115 e. The Morgan fingerprint density at radius 3 is 2.14 bits per heavy atom. The average Bonchev–Trinajstić information content (AvgIpc) is 2.15. The van der Waals surface area contributed by atoms with Crippen molar-refractivity contribution >= 4 is 0 Å². The van der Waals surface area contributed by atoms with E-state index in [4.69, 9.17) is 0 Å². The van der Waals surface area contributed by atoms with Crippen molar-refractivity contribution in [3.05, 3.63) is 29.8 Å². The molecule has 1 heteroatoms. The maximum absolute atomic E-state index is 9.21. The highest BCUT2D eigenvalue weighted by atomic mass is 16.3. The molecule has 0 aliphatic heterocycles. The van der Waals surface area contributed by atoms with Gasteiger partial charge in [-0.15, -0.1) is 0 Å². The van der Waals surface area contributed by atoms with Gasteiger partial charge in [-0.05, 0) is 36.0 Å². The lowest BCUT2D eigenvalue weighted by Gasteiger charge is -2.20. The molecule has 1 nitrogen and oxygen atoms in total. The van der Waals surface area contributed by atoms with Crippen molar-refractivity contribution in [2.45, 2.75) is 39.5 Å². The lowest BCUT2D eigenvalue weighted by molar-refractivity contribution is 0.458. The van der Waals surface area contributed by atoms with Crippen LogP contribution in [0.1, 0.15) is 45.1 Å². The summed E-state index contributed by atoms with van der Waals surface area (Å²) in [5.41, 5.74) is 1.35. The molecule has 1 aromatic rings. The van der Waals surface area contributed by atoms with Gasteiger partial charge >= 0.3 is 0 Å². The highest BCUT2D eigenvalue weighted by molar-refractivity contribution is 5.28. The summed E-state index contributed by atoms with van der Waals surface area (Å²) < 4.78 is 0. The second kappa shape index (κ2) is 5.04. The van der Waals surface area contributed by atoms with Crippen LogP contribution < -0.4 is 0 Å². The molecular weight excluding hydrogens is 172 g/mol. The Morgan fingerprint density at radius 2 is 1.71 bits per heavy atom. The van der Waals surface area contributed by atoms with Gasteiger partial charge < -0.3 is 5.11 Å². The van der Waals surface area contributed by atoms with E-state index >= 15 is 0 Å². The van der Waals surface area contributed by atoms with Crippen LogP contribution in [0.2, 0.25) is 0 Å². The summed E-state index contributed by atoms with van der Waals surface area (Å²) in [7, 11) is 0. The Bertz CT molecular complexity index is 261. The molecule has 0 saturated heterocycles. The van der Waals surface area contributed by atoms with Crippen LogP contribution in [0.3, 0.4) is 0 Å². The Balaban J connectivity index is 2.82. The molecule has 1 N–H and O–H groups in total. The third kappa shape index (κ3) is 2.76. The Kier molecular flexibility index (Phi) is 3.99. The van der Waals surface area contributed by atoms with E-state index in [0.29, 0.717) is 17.6 Å². The van der Waals surface area contributed by atoms with E-state index in [1.165, 1.54) is 18.4 Å². The van der Waals surface area contributed by atoms with Gasteiger partial charge in [0.05, 0.1) is 0 Å². The number of phenolic OH excluding ortho intramolecular Hbond substituents is 1. The third-order valence-corrected chi connectivity index (χ3v) is 2.73. The molecule has 1 atom stereocenters. The van der Waals surface area contributed by atoms with E-state index in [0.717, 1.165) is 0 Å². The number of hydrogen-bond acceptors (Lipinski definition) is 1. The molecule has 0 saturated carbocycles. The van der Waals surface area contributed by atoms with Gasteiger partial charge in [0.15, 0.2) is 0 Å². The highest BCUT2D eigenvalue weighted by Crippen LogP contribution is 2.29. The van der Waals surface area contributed by atoms with E-state index in [1.807, 2.05) is 12.1 Å². The first kappa shape index (κ1) is 11.1. The summed E-state index contributed by atoms with van der Waals surface area (Å²) in [5.74, 6) is 1.65. The number of hydrogen-bond donors (Lipinski definition) is 1. The Morgan fingerprint density at radius 1 is 1.14 bits per heavy atom. The van der Waals surface area contributed by atoms with Gasteiger partial charge in [-0.2, -0.15) is 0 Å². The molecule has 0 heterocycles. The van der Waals surface area contributed by atoms with Crippen molar-refractivity contribution in [1.82, 2.24) is 0 Å². The van der Waals surface area contributed by atoms with Crippen LogP contribution in [0.4, 0.5) is 0 Å². The normalized spacial score (nSPS) is 13.1. The van der Waals surface area contributed by atoms with Crippen LogP contribution in [0, 0.1) is 5.92 Å². The zero-order chi connectivity index (χ0) is 10.6. The topological polar surface area (TPSA) is 20.2 Å². The summed E-state index contributed by atoms with van der Waals surface area (Å²) in [6.45, 7) is 6.73. The fraction of sp³-hybridized carbons (Fsp3) is 0.538. The van der Waals surface area contributed by atoms with Crippen molar-refractivity contribution in [2.24, 2.45) is 5.92 Å². The van der Waals surface area contributed by atoms with Gasteiger partial charge in [0.25, 0.3) is 0 Å². The second-order valence-electron chi connectivity index (χ2n) is 4.23. The molecule has 0 bridgehead atoms. The van der Waals surface area contributed by atoms with Gasteiger partial charge in [0.1, 0.15) is 5.75 Å². The van der Waals surface area contributed by atoms with Crippen LogP contribution in [-0.4, -0.2) is 5.11 Å². The minimum atomic E-state index is 0.354. The quantitative estimate of drug-likeness (QED) is 0.766. The molecule has 1 unspecified atom stereocenters. The predicted octanol–water partition coefficient (Wildman–Crippen LogP) is 3.93. The van der Waals surface area contributed by atoms with Crippen molar-refractivity contribution < 1.29 is 5.11 Å². The first-order valence-electron chi connectivity index (χ1n) is 5.44. The molecular formula is C13H20O. The van der Waals surface area contributed by atoms with Crippen LogP contribution in [0.5, 0.6) is 5.75 Å². The number of phenols is 1. The van der Waals surface area contributed by atoms with Crippen LogP contribution in [0.15, 0.2) is 24.3 Å². The zero-order valence-corrected chi connectivity index (χ0v) is 9.33. The van der Waals surface area contributed by atoms with Crippen molar-refractivity contribution in [3.8, 4) is 5.75 Å². The summed E-state index contributed by atoms with van der Waals surface area (Å²) in [6.07, 6.45) is 2.44. The maximum atomic E-state index is 9.21. The Labute approximate surface area is 86.8 Å². The largest absolute Gasteiger partial charge is 0.508 e. The lowest BCUT2D eigenvalue weighted by atomic mass is 9.85. The fourth-order valence-corrected chi connectivity index (χ4v) is 1.92. The van der Waals surface area contributed by atoms with Gasteiger partial charge in [-0.3, -0.25) is 0 Å². The molecule has 14 heavy (non-hydrogen) atoms. The Hall–Kier alpha value is -0.980. The molecule has 0 spiro atoms. The average molecular weight is 192 g/mol. The van der Waals surface area contributed by atoms with E-state index in [9.17, 15) is 5.11 Å². The lowest BCUT2D eigenvalue weighted by Crippen LogP contribution is -2.06. The van der Waals surface area contributed by atoms with E-state index in [-0.39, 0.29) is 0 Å². The minimum Gasteiger partial charge on any atom is -0.508 e. The van der Waals surface area contributed by atoms with Gasteiger partial charge in [-0.1, -0.05) is 39.3 Å². The standard InChI is InChI=1S/C13H20O/c1-4-5-13(10(2)3)11-6-8-12(14)9-7-11/h6-10,13-14H,4-5H2,1-3H3. The summed E-state index contributed by atoms with van der Waals surface area (Å²) in [5, 5.41) is 9.21. The van der Waals surface area contributed by atoms with Crippen LogP contribution >= 0.6 is 0 Å². The molecule has 0 aromatic heterocycles. The van der Waals surface area contributed by atoms with E-state index < -0.39 is 0 Å². The number of benzene rings is 1. The zero-order valence-electron chi connectivity index (χ0n) is 9.33. The van der Waals surface area contributed by atoms with Gasteiger partial charge in [-0.25, -0.2) is 0 Å². The molecule has 0 aliphatic rings. The van der Waals surface area contributed by atoms with Gasteiger partial charge in [0, 0.05) is 0 Å². The third-order valence-electron chi connectivity index (χ3n) is 2.73. The van der Waals surface area contributed by atoms with Crippen molar-refractivity contribution in [2.75, 3.05) is 0 Å². The summed E-state index contributed by atoms with van der Waals surface area (Å²) >= 11 is 0. The van der Waals surface area contributed by atoms with E-state index in [2.05, 4.69) is 20.8 Å². The first-order valence-corrected chi connectivity index (χ1v) is 5.44. The maximum Gasteiger partial charge on any atom is 0.115 e. The number of aromatic hydroxyl groups is 1. The van der Waals surface area contributed by atoms with Crippen molar-refractivity contribution in [3.63, 3.8) is 0 Å². The molecule has 0 radical (unpaired) electrons. The molecule has 0 aliphatic carbocycles. The summed E-state index contributed by atoms with van der Waals surface area (Å²) in [6, 6.07) is 7.63. The molecule has 78 valence electrons. The highest BCUT2D eigenvalue weighted by Gasteiger charge is 2.14. The SMILES string of the molecule is CCCC(c1ccc(O)cc1)C(C)C. The molecule has 0 fully saturated rings. The first-order chi connectivity index (χ1) is 6.65. The number of rotatable bonds is 4. The second-order valence-corrected chi connectivity index (χ2v) is 4.23. The molecule has 0 amide bonds. The summed E-state index contributed by atoms with van der Waals surface area (Å²) in [4.78, 5) is 0. The molecule has 1 aromatic carbocycles. The van der Waals surface area contributed by atoms with Gasteiger partial charge in [0.2, 0.25) is 0 Å². The van der Waals surface area contributed by atoms with E-state index in [1.54, 1.807) is 12.1 Å². The van der Waals surface area contributed by atoms with Crippen LogP contribution in [0.25, 0.3) is 0 Å². The van der Waals surface area contributed by atoms with Crippen molar-refractivity contribution in [1.29, 1.82) is 0 Å². The predicted molar refractivity (Wildman–Crippen MR) is 60.6 cm³/mol. The molecule has 1 rings (SSSR count). The van der Waals surface area contributed by atoms with Crippen LogP contribution in [-0.2, 0) is 0 Å². The monoisotopic (exact) mass is 192 g/mol.